The predicted molar refractivity (Wildman–Crippen MR) is 62.9 cm³/mol. The number of hydrogen-bond donors (Lipinski definition) is 3. The number of carbonyl (C=O) groups excluding carboxylic acids is 2. The molecule has 1 aromatic heterocycles. The molecule has 1 rings (SSSR count). The second-order valence-electron chi connectivity index (χ2n) is 3.29. The zero-order valence-electron chi connectivity index (χ0n) is 9.03. The molecule has 1 heterocycles. The SMILES string of the molecule is C[C@@H](NC(=O)CNC(=O)CN)c1cccs1. The third-order valence-electron chi connectivity index (χ3n) is 1.98. The van der Waals surface area contributed by atoms with Crippen LogP contribution >= 0.6 is 11.3 Å². The van der Waals surface area contributed by atoms with E-state index < -0.39 is 0 Å². The van der Waals surface area contributed by atoms with Crippen molar-refractivity contribution in [3.63, 3.8) is 0 Å². The molecule has 0 bridgehead atoms. The van der Waals surface area contributed by atoms with E-state index in [1.165, 1.54) is 0 Å². The molecule has 0 radical (unpaired) electrons. The van der Waals surface area contributed by atoms with Gasteiger partial charge in [-0.3, -0.25) is 9.59 Å². The molecule has 16 heavy (non-hydrogen) atoms. The van der Waals surface area contributed by atoms with Crippen LogP contribution in [0.5, 0.6) is 0 Å². The summed E-state index contributed by atoms with van der Waals surface area (Å²) in [5.74, 6) is -0.554. The molecular formula is C10H15N3O2S. The van der Waals surface area contributed by atoms with Gasteiger partial charge in [0.25, 0.3) is 0 Å². The van der Waals surface area contributed by atoms with Gasteiger partial charge in [0.05, 0.1) is 19.1 Å². The van der Waals surface area contributed by atoms with Crippen molar-refractivity contribution in [1.29, 1.82) is 0 Å². The van der Waals surface area contributed by atoms with Gasteiger partial charge in [0, 0.05) is 4.88 Å². The maximum Gasteiger partial charge on any atom is 0.239 e. The lowest BCUT2D eigenvalue weighted by atomic mass is 10.3. The molecule has 0 fully saturated rings. The molecule has 0 aliphatic rings. The van der Waals surface area contributed by atoms with E-state index in [1.807, 2.05) is 24.4 Å². The topological polar surface area (TPSA) is 84.2 Å². The Morgan fingerprint density at radius 2 is 2.25 bits per heavy atom. The fourth-order valence-electron chi connectivity index (χ4n) is 1.15. The average molecular weight is 241 g/mol. The molecule has 0 aromatic carbocycles. The average Bonchev–Trinajstić information content (AvgIpc) is 2.79. The van der Waals surface area contributed by atoms with Crippen LogP contribution in [0.2, 0.25) is 0 Å². The Hall–Kier alpha value is -1.40. The number of hydrogen-bond acceptors (Lipinski definition) is 4. The van der Waals surface area contributed by atoms with Crippen molar-refractivity contribution >= 4 is 23.2 Å². The summed E-state index contributed by atoms with van der Waals surface area (Å²) in [4.78, 5) is 23.3. The van der Waals surface area contributed by atoms with Crippen molar-refractivity contribution in [3.05, 3.63) is 22.4 Å². The van der Waals surface area contributed by atoms with E-state index in [-0.39, 0.29) is 30.9 Å². The second-order valence-corrected chi connectivity index (χ2v) is 4.26. The van der Waals surface area contributed by atoms with Gasteiger partial charge in [-0.05, 0) is 18.4 Å². The summed E-state index contributed by atoms with van der Waals surface area (Å²) in [5.41, 5.74) is 5.09. The summed E-state index contributed by atoms with van der Waals surface area (Å²) in [7, 11) is 0. The highest BCUT2D eigenvalue weighted by Crippen LogP contribution is 2.17. The quantitative estimate of drug-likeness (QED) is 0.678. The standard InChI is InChI=1S/C10H15N3O2S/c1-7(8-3-2-4-16-8)13-10(15)6-12-9(14)5-11/h2-4,7H,5-6,11H2,1H3,(H,12,14)(H,13,15)/t7-/m1/s1. The Morgan fingerprint density at radius 1 is 1.50 bits per heavy atom. The first-order chi connectivity index (χ1) is 7.63. The van der Waals surface area contributed by atoms with Crippen LogP contribution in [0, 0.1) is 0 Å². The molecule has 5 nitrogen and oxygen atoms in total. The summed E-state index contributed by atoms with van der Waals surface area (Å²) >= 11 is 1.58. The minimum absolute atomic E-state index is 0.0360. The zero-order chi connectivity index (χ0) is 12.0. The van der Waals surface area contributed by atoms with Crippen LogP contribution in [-0.2, 0) is 9.59 Å². The van der Waals surface area contributed by atoms with E-state index in [0.29, 0.717) is 0 Å². The van der Waals surface area contributed by atoms with E-state index in [2.05, 4.69) is 10.6 Å². The van der Waals surface area contributed by atoms with E-state index in [1.54, 1.807) is 11.3 Å². The van der Waals surface area contributed by atoms with E-state index >= 15 is 0 Å². The lowest BCUT2D eigenvalue weighted by molar-refractivity contribution is -0.125. The Labute approximate surface area is 98.0 Å². The highest BCUT2D eigenvalue weighted by atomic mass is 32.1. The lowest BCUT2D eigenvalue weighted by Crippen LogP contribution is -2.40. The van der Waals surface area contributed by atoms with Crippen molar-refractivity contribution in [2.75, 3.05) is 13.1 Å². The van der Waals surface area contributed by atoms with Crippen molar-refractivity contribution < 1.29 is 9.59 Å². The maximum absolute atomic E-state index is 11.4. The molecule has 0 spiro atoms. The Kier molecular flexibility index (Phi) is 4.94. The Balaban J connectivity index is 2.32. The largest absolute Gasteiger partial charge is 0.347 e. The van der Waals surface area contributed by atoms with Crippen LogP contribution in [0.1, 0.15) is 17.8 Å². The fourth-order valence-corrected chi connectivity index (χ4v) is 1.89. The van der Waals surface area contributed by atoms with Gasteiger partial charge in [-0.25, -0.2) is 0 Å². The van der Waals surface area contributed by atoms with Crippen LogP contribution in [0.4, 0.5) is 0 Å². The van der Waals surface area contributed by atoms with Gasteiger partial charge in [-0.2, -0.15) is 0 Å². The second kappa shape index (κ2) is 6.24. The minimum Gasteiger partial charge on any atom is -0.347 e. The number of nitrogens with one attached hydrogen (secondary N) is 2. The van der Waals surface area contributed by atoms with Crippen molar-refractivity contribution in [3.8, 4) is 0 Å². The molecule has 0 unspecified atom stereocenters. The van der Waals surface area contributed by atoms with E-state index in [0.717, 1.165) is 4.88 Å². The number of amides is 2. The first kappa shape index (κ1) is 12.7. The third kappa shape index (κ3) is 4.00. The molecular weight excluding hydrogens is 226 g/mol. The fraction of sp³-hybridized carbons (Fsp3) is 0.400. The maximum atomic E-state index is 11.4. The Morgan fingerprint density at radius 3 is 2.81 bits per heavy atom. The Bertz CT molecular complexity index is 351. The highest BCUT2D eigenvalue weighted by Gasteiger charge is 2.10. The summed E-state index contributed by atoms with van der Waals surface area (Å²) in [6, 6.07) is 3.84. The van der Waals surface area contributed by atoms with Crippen molar-refractivity contribution in [2.24, 2.45) is 5.73 Å². The summed E-state index contributed by atoms with van der Waals surface area (Å²) in [6.07, 6.45) is 0. The monoisotopic (exact) mass is 241 g/mol. The van der Waals surface area contributed by atoms with Crippen LogP contribution in [0.25, 0.3) is 0 Å². The van der Waals surface area contributed by atoms with E-state index in [9.17, 15) is 9.59 Å². The normalized spacial score (nSPS) is 11.9. The number of thiophene rings is 1. The van der Waals surface area contributed by atoms with Crippen molar-refractivity contribution in [2.45, 2.75) is 13.0 Å². The van der Waals surface area contributed by atoms with Gasteiger partial charge in [-0.15, -0.1) is 11.3 Å². The lowest BCUT2D eigenvalue weighted by Gasteiger charge is -2.12. The van der Waals surface area contributed by atoms with Crippen LogP contribution in [0.3, 0.4) is 0 Å². The molecule has 6 heteroatoms. The van der Waals surface area contributed by atoms with Gasteiger partial charge in [0.15, 0.2) is 0 Å². The molecule has 0 saturated heterocycles. The minimum atomic E-state index is -0.334. The van der Waals surface area contributed by atoms with Crippen LogP contribution in [-0.4, -0.2) is 24.9 Å². The first-order valence-electron chi connectivity index (χ1n) is 4.93. The third-order valence-corrected chi connectivity index (χ3v) is 3.03. The summed E-state index contributed by atoms with van der Waals surface area (Å²) in [5, 5.41) is 7.14. The van der Waals surface area contributed by atoms with Gasteiger partial charge in [0.2, 0.25) is 11.8 Å². The van der Waals surface area contributed by atoms with Gasteiger partial charge < -0.3 is 16.4 Å². The smallest absolute Gasteiger partial charge is 0.239 e. The molecule has 2 amide bonds. The first-order valence-corrected chi connectivity index (χ1v) is 5.81. The van der Waals surface area contributed by atoms with Crippen LogP contribution < -0.4 is 16.4 Å². The highest BCUT2D eigenvalue weighted by molar-refractivity contribution is 7.10. The number of rotatable bonds is 5. The molecule has 88 valence electrons. The predicted octanol–water partition coefficient (Wildman–Crippen LogP) is 0.000200. The molecule has 4 N–H and O–H groups in total. The van der Waals surface area contributed by atoms with Gasteiger partial charge >= 0.3 is 0 Å². The molecule has 0 saturated carbocycles. The number of carbonyl (C=O) groups is 2. The summed E-state index contributed by atoms with van der Waals surface area (Å²) in [6.45, 7) is 1.76. The van der Waals surface area contributed by atoms with Crippen molar-refractivity contribution in [1.82, 2.24) is 10.6 Å². The van der Waals surface area contributed by atoms with Gasteiger partial charge in [0.1, 0.15) is 0 Å². The molecule has 0 aliphatic heterocycles. The zero-order valence-corrected chi connectivity index (χ0v) is 9.84. The van der Waals surface area contributed by atoms with E-state index in [4.69, 9.17) is 5.73 Å². The van der Waals surface area contributed by atoms with Crippen LogP contribution in [0.15, 0.2) is 17.5 Å². The molecule has 1 aromatic rings. The molecule has 1 atom stereocenters. The number of nitrogens with two attached hydrogens (primary N) is 1. The summed E-state index contributed by atoms with van der Waals surface area (Å²) < 4.78 is 0. The van der Waals surface area contributed by atoms with Gasteiger partial charge in [-0.1, -0.05) is 6.07 Å². The molecule has 0 aliphatic carbocycles.